The summed E-state index contributed by atoms with van der Waals surface area (Å²) in [5, 5.41) is 9.13. The highest BCUT2D eigenvalue weighted by molar-refractivity contribution is 5.51. The Bertz CT molecular complexity index is 668. The molecule has 2 rings (SSSR count). The Balaban J connectivity index is 2.48. The van der Waals surface area contributed by atoms with E-state index in [0.717, 1.165) is 16.8 Å². The van der Waals surface area contributed by atoms with Crippen LogP contribution in [-0.2, 0) is 0 Å². The molecule has 0 spiro atoms. The quantitative estimate of drug-likeness (QED) is 0.655. The number of hydrogen-bond donors (Lipinski definition) is 0. The molecule has 0 bridgehead atoms. The van der Waals surface area contributed by atoms with Crippen LogP contribution in [0.3, 0.4) is 0 Å². The maximum atomic E-state index is 9.13. The molecule has 0 N–H and O–H groups in total. The molecule has 0 aliphatic heterocycles. The Labute approximate surface area is 107 Å². The molecule has 18 heavy (non-hydrogen) atoms. The van der Waals surface area contributed by atoms with Crippen LogP contribution in [0, 0.1) is 37.0 Å². The van der Waals surface area contributed by atoms with Gasteiger partial charge in [-0.15, -0.1) is 0 Å². The van der Waals surface area contributed by atoms with Gasteiger partial charge >= 0.3 is 0 Å². The second kappa shape index (κ2) is 5.17. The molecule has 1 heterocycles. The van der Waals surface area contributed by atoms with Crippen LogP contribution in [0.5, 0.6) is 0 Å². The van der Waals surface area contributed by atoms with Crippen molar-refractivity contribution in [3.63, 3.8) is 0 Å². The van der Waals surface area contributed by atoms with Crippen LogP contribution in [-0.4, -0.2) is 4.98 Å². The zero-order chi connectivity index (χ0) is 13.0. The standard InChI is InChI=1S/C16H12N2/c1-12-10-13(2)18-16(15(12)11-17)9-8-14-6-4-3-5-7-14/h3-7,10H,1-2H3. The van der Waals surface area contributed by atoms with Gasteiger partial charge in [-0.05, 0) is 43.5 Å². The van der Waals surface area contributed by atoms with E-state index >= 15 is 0 Å². The lowest BCUT2D eigenvalue weighted by Crippen LogP contribution is -1.95. The largest absolute Gasteiger partial charge is 0.243 e. The van der Waals surface area contributed by atoms with Crippen LogP contribution >= 0.6 is 0 Å². The number of rotatable bonds is 0. The van der Waals surface area contributed by atoms with Crippen molar-refractivity contribution in [3.05, 3.63) is 64.5 Å². The molecule has 0 unspecified atom stereocenters. The molecule has 0 saturated carbocycles. The maximum Gasteiger partial charge on any atom is 0.131 e. The normalized spacial score (nSPS) is 9.17. The van der Waals surface area contributed by atoms with E-state index in [1.165, 1.54) is 0 Å². The lowest BCUT2D eigenvalue weighted by atomic mass is 10.1. The summed E-state index contributed by atoms with van der Waals surface area (Å²) in [4.78, 5) is 4.32. The average molecular weight is 232 g/mol. The minimum atomic E-state index is 0.554. The predicted octanol–water partition coefficient (Wildman–Crippen LogP) is 2.97. The topological polar surface area (TPSA) is 36.7 Å². The number of aromatic nitrogens is 1. The Morgan fingerprint density at radius 3 is 2.44 bits per heavy atom. The summed E-state index contributed by atoms with van der Waals surface area (Å²) >= 11 is 0. The molecule has 0 radical (unpaired) electrons. The third-order valence-electron chi connectivity index (χ3n) is 2.56. The van der Waals surface area contributed by atoms with E-state index in [2.05, 4.69) is 22.9 Å². The fourth-order valence-corrected chi connectivity index (χ4v) is 1.72. The Morgan fingerprint density at radius 1 is 1.06 bits per heavy atom. The predicted molar refractivity (Wildman–Crippen MR) is 70.8 cm³/mol. The van der Waals surface area contributed by atoms with Crippen molar-refractivity contribution in [2.24, 2.45) is 0 Å². The third-order valence-corrected chi connectivity index (χ3v) is 2.56. The van der Waals surface area contributed by atoms with Gasteiger partial charge in [0.05, 0.1) is 5.56 Å². The minimum Gasteiger partial charge on any atom is -0.243 e. The van der Waals surface area contributed by atoms with Gasteiger partial charge in [0.25, 0.3) is 0 Å². The Hall–Kier alpha value is -2.58. The summed E-state index contributed by atoms with van der Waals surface area (Å²) in [6.45, 7) is 3.81. The average Bonchev–Trinajstić information content (AvgIpc) is 2.37. The molecule has 1 aromatic carbocycles. The third kappa shape index (κ3) is 2.56. The SMILES string of the molecule is Cc1cc(C)c(C#N)c(C#Cc2ccccc2)n1. The molecule has 2 heteroatoms. The van der Waals surface area contributed by atoms with E-state index in [1.54, 1.807) is 0 Å². The number of aryl methyl sites for hydroxylation is 2. The van der Waals surface area contributed by atoms with E-state index in [-0.39, 0.29) is 0 Å². The van der Waals surface area contributed by atoms with E-state index in [9.17, 15) is 0 Å². The summed E-state index contributed by atoms with van der Waals surface area (Å²) in [5.74, 6) is 6.00. The van der Waals surface area contributed by atoms with Crippen LogP contribution in [0.25, 0.3) is 0 Å². The van der Waals surface area contributed by atoms with Gasteiger partial charge in [-0.3, -0.25) is 0 Å². The number of pyridine rings is 1. The summed E-state index contributed by atoms with van der Waals surface area (Å²) in [6.07, 6.45) is 0. The minimum absolute atomic E-state index is 0.554. The molecule has 0 fully saturated rings. The van der Waals surface area contributed by atoms with Gasteiger partial charge in [0.15, 0.2) is 0 Å². The maximum absolute atomic E-state index is 9.13. The van der Waals surface area contributed by atoms with Crippen LogP contribution in [0.15, 0.2) is 36.4 Å². The van der Waals surface area contributed by atoms with Crippen molar-refractivity contribution in [1.29, 1.82) is 5.26 Å². The Kier molecular flexibility index (Phi) is 3.41. The van der Waals surface area contributed by atoms with Gasteiger partial charge in [-0.1, -0.05) is 24.1 Å². The van der Waals surface area contributed by atoms with Gasteiger partial charge in [0, 0.05) is 11.3 Å². The first-order chi connectivity index (χ1) is 8.70. The van der Waals surface area contributed by atoms with Crippen LogP contribution in [0.2, 0.25) is 0 Å². The van der Waals surface area contributed by atoms with Gasteiger partial charge in [-0.2, -0.15) is 5.26 Å². The fraction of sp³-hybridized carbons (Fsp3) is 0.125. The number of hydrogen-bond acceptors (Lipinski definition) is 2. The first-order valence-corrected chi connectivity index (χ1v) is 5.66. The zero-order valence-electron chi connectivity index (χ0n) is 10.4. The van der Waals surface area contributed by atoms with Crippen molar-refractivity contribution in [3.8, 4) is 17.9 Å². The smallest absolute Gasteiger partial charge is 0.131 e. The monoisotopic (exact) mass is 232 g/mol. The van der Waals surface area contributed by atoms with E-state index in [4.69, 9.17) is 5.26 Å². The van der Waals surface area contributed by atoms with Crippen molar-refractivity contribution < 1.29 is 0 Å². The first-order valence-electron chi connectivity index (χ1n) is 5.66. The van der Waals surface area contributed by atoms with Crippen molar-refractivity contribution in [2.75, 3.05) is 0 Å². The van der Waals surface area contributed by atoms with E-state index in [0.29, 0.717) is 11.3 Å². The van der Waals surface area contributed by atoms with Crippen LogP contribution in [0.4, 0.5) is 0 Å². The molecule has 0 amide bonds. The molecule has 2 aromatic rings. The highest BCUT2D eigenvalue weighted by Gasteiger charge is 2.05. The Morgan fingerprint density at radius 2 is 1.78 bits per heavy atom. The van der Waals surface area contributed by atoms with E-state index in [1.807, 2.05) is 50.2 Å². The number of nitrogens with zero attached hydrogens (tertiary/aromatic N) is 2. The van der Waals surface area contributed by atoms with Gasteiger partial charge in [-0.25, -0.2) is 4.98 Å². The second-order valence-electron chi connectivity index (χ2n) is 4.03. The molecule has 0 aliphatic rings. The molecular formula is C16H12N2. The first kappa shape index (κ1) is 11.9. The molecule has 0 atom stereocenters. The van der Waals surface area contributed by atoms with Gasteiger partial charge in [0.2, 0.25) is 0 Å². The van der Waals surface area contributed by atoms with Crippen LogP contribution < -0.4 is 0 Å². The fourth-order valence-electron chi connectivity index (χ4n) is 1.72. The molecule has 0 saturated heterocycles. The van der Waals surface area contributed by atoms with Crippen LogP contribution in [0.1, 0.15) is 28.1 Å². The summed E-state index contributed by atoms with van der Waals surface area (Å²) < 4.78 is 0. The van der Waals surface area contributed by atoms with Crippen molar-refractivity contribution >= 4 is 0 Å². The molecule has 2 nitrogen and oxygen atoms in total. The lowest BCUT2D eigenvalue weighted by molar-refractivity contribution is 1.14. The molecule has 86 valence electrons. The summed E-state index contributed by atoms with van der Waals surface area (Å²) in [6, 6.07) is 13.7. The summed E-state index contributed by atoms with van der Waals surface area (Å²) in [5.41, 5.74) is 3.83. The van der Waals surface area contributed by atoms with Gasteiger partial charge < -0.3 is 0 Å². The lowest BCUT2D eigenvalue weighted by Gasteiger charge is -2.01. The summed E-state index contributed by atoms with van der Waals surface area (Å²) in [7, 11) is 0. The van der Waals surface area contributed by atoms with E-state index < -0.39 is 0 Å². The van der Waals surface area contributed by atoms with Crippen molar-refractivity contribution in [1.82, 2.24) is 4.98 Å². The zero-order valence-corrected chi connectivity index (χ0v) is 10.4. The number of benzene rings is 1. The van der Waals surface area contributed by atoms with Crippen molar-refractivity contribution in [2.45, 2.75) is 13.8 Å². The highest BCUT2D eigenvalue weighted by atomic mass is 14.7. The highest BCUT2D eigenvalue weighted by Crippen LogP contribution is 2.11. The molecule has 0 aliphatic carbocycles. The second-order valence-corrected chi connectivity index (χ2v) is 4.03. The number of nitriles is 1. The van der Waals surface area contributed by atoms with Gasteiger partial charge in [0.1, 0.15) is 11.8 Å². The molecule has 1 aromatic heterocycles. The molecular weight excluding hydrogens is 220 g/mol.